The minimum Gasteiger partial charge on any atom is -0.497 e. The van der Waals surface area contributed by atoms with Crippen LogP contribution >= 0.6 is 0 Å². The Kier molecular flexibility index (Phi) is 6.86. The zero-order valence-electron chi connectivity index (χ0n) is 14.4. The predicted molar refractivity (Wildman–Crippen MR) is 90.5 cm³/mol. The van der Waals surface area contributed by atoms with Gasteiger partial charge < -0.3 is 14.8 Å². The average Bonchev–Trinajstić information content (AvgIpc) is 2.99. The van der Waals surface area contributed by atoms with Gasteiger partial charge in [-0.05, 0) is 44.4 Å². The van der Waals surface area contributed by atoms with Crippen molar-refractivity contribution in [2.45, 2.75) is 45.4 Å². The maximum Gasteiger partial charge on any atom is 0.234 e. The number of hydrogen-bond donors (Lipinski definition) is 1. The fraction of sp³-hybridized carbons (Fsp3) is 0.611. The second-order valence-corrected chi connectivity index (χ2v) is 6.38. The van der Waals surface area contributed by atoms with E-state index in [1.165, 1.54) is 0 Å². The molecule has 5 nitrogen and oxygen atoms in total. The van der Waals surface area contributed by atoms with Gasteiger partial charge >= 0.3 is 0 Å². The first-order valence-corrected chi connectivity index (χ1v) is 8.33. The first kappa shape index (κ1) is 17.8. The maximum absolute atomic E-state index is 12.1. The number of methoxy groups -OCH3 is 1. The Morgan fingerprint density at radius 1 is 1.48 bits per heavy atom. The van der Waals surface area contributed by atoms with Crippen molar-refractivity contribution in [2.75, 3.05) is 26.8 Å². The summed E-state index contributed by atoms with van der Waals surface area (Å²) in [6, 6.07) is 8.14. The minimum atomic E-state index is 0.0564. The van der Waals surface area contributed by atoms with Gasteiger partial charge in [0.05, 0.1) is 19.8 Å². The summed E-state index contributed by atoms with van der Waals surface area (Å²) in [6.45, 7) is 6.66. The second kappa shape index (κ2) is 8.89. The van der Waals surface area contributed by atoms with Crippen LogP contribution in [0.25, 0.3) is 0 Å². The molecule has 23 heavy (non-hydrogen) atoms. The Morgan fingerprint density at radius 3 is 2.96 bits per heavy atom. The molecule has 1 N–H and O–H groups in total. The molecule has 0 spiro atoms. The molecule has 128 valence electrons. The molecule has 1 aliphatic rings. The molecule has 2 rings (SSSR count). The van der Waals surface area contributed by atoms with E-state index in [-0.39, 0.29) is 18.1 Å². The van der Waals surface area contributed by atoms with Crippen LogP contribution in [0.3, 0.4) is 0 Å². The Balaban J connectivity index is 2.00. The molecule has 1 fully saturated rings. The van der Waals surface area contributed by atoms with Gasteiger partial charge in [0.2, 0.25) is 5.91 Å². The lowest BCUT2D eigenvalue weighted by Crippen LogP contribution is -2.42. The molecule has 0 aliphatic carbocycles. The molecule has 1 saturated heterocycles. The van der Waals surface area contributed by atoms with Crippen molar-refractivity contribution in [3.8, 4) is 5.75 Å². The van der Waals surface area contributed by atoms with Gasteiger partial charge in [-0.2, -0.15) is 0 Å². The largest absolute Gasteiger partial charge is 0.497 e. The maximum atomic E-state index is 12.1. The molecule has 1 aromatic rings. The third kappa shape index (κ3) is 6.20. The van der Waals surface area contributed by atoms with E-state index in [1.807, 2.05) is 32.0 Å². The number of carbonyl (C=O) groups excluding carboxylic acids is 1. The molecule has 1 heterocycles. The molecular weight excluding hydrogens is 292 g/mol. The first-order valence-electron chi connectivity index (χ1n) is 8.33. The highest BCUT2D eigenvalue weighted by Crippen LogP contribution is 2.17. The fourth-order valence-electron chi connectivity index (χ4n) is 2.86. The molecule has 1 aromatic carbocycles. The second-order valence-electron chi connectivity index (χ2n) is 6.38. The summed E-state index contributed by atoms with van der Waals surface area (Å²) in [7, 11) is 1.67. The SMILES string of the molecule is COc1cccc(CN(CC(=O)NC(C)C)CC2CCCO2)c1. The summed E-state index contributed by atoms with van der Waals surface area (Å²) in [5.74, 6) is 0.895. The summed E-state index contributed by atoms with van der Waals surface area (Å²) in [5.41, 5.74) is 1.14. The van der Waals surface area contributed by atoms with Crippen LogP contribution < -0.4 is 10.1 Å². The van der Waals surface area contributed by atoms with Gasteiger partial charge in [0, 0.05) is 25.7 Å². The summed E-state index contributed by atoms with van der Waals surface area (Å²) >= 11 is 0. The lowest BCUT2D eigenvalue weighted by atomic mass is 10.1. The van der Waals surface area contributed by atoms with E-state index < -0.39 is 0 Å². The topological polar surface area (TPSA) is 50.8 Å². The first-order chi connectivity index (χ1) is 11.1. The van der Waals surface area contributed by atoms with Crippen LogP contribution in [-0.4, -0.2) is 49.8 Å². The van der Waals surface area contributed by atoms with Gasteiger partial charge in [-0.15, -0.1) is 0 Å². The smallest absolute Gasteiger partial charge is 0.234 e. The number of nitrogens with one attached hydrogen (secondary N) is 1. The molecule has 0 saturated carbocycles. The third-order valence-corrected chi connectivity index (χ3v) is 3.84. The molecular formula is C18H28N2O3. The van der Waals surface area contributed by atoms with Crippen molar-refractivity contribution in [3.63, 3.8) is 0 Å². The van der Waals surface area contributed by atoms with Crippen LogP contribution in [0.15, 0.2) is 24.3 Å². The van der Waals surface area contributed by atoms with Gasteiger partial charge in [-0.25, -0.2) is 0 Å². The lowest BCUT2D eigenvalue weighted by molar-refractivity contribution is -0.123. The Hall–Kier alpha value is -1.59. The van der Waals surface area contributed by atoms with Gasteiger partial charge in [0.1, 0.15) is 5.75 Å². The molecule has 5 heteroatoms. The van der Waals surface area contributed by atoms with Crippen LogP contribution in [0.5, 0.6) is 5.75 Å². The van der Waals surface area contributed by atoms with E-state index in [4.69, 9.17) is 9.47 Å². The Bertz CT molecular complexity index is 499. The molecule has 1 unspecified atom stereocenters. The number of nitrogens with zero attached hydrogens (tertiary/aromatic N) is 1. The summed E-state index contributed by atoms with van der Waals surface area (Å²) in [4.78, 5) is 14.3. The zero-order chi connectivity index (χ0) is 16.7. The van der Waals surface area contributed by atoms with Crippen LogP contribution in [0.1, 0.15) is 32.3 Å². The van der Waals surface area contributed by atoms with Crippen molar-refractivity contribution >= 4 is 5.91 Å². The molecule has 0 bridgehead atoms. The van der Waals surface area contributed by atoms with Crippen molar-refractivity contribution in [3.05, 3.63) is 29.8 Å². The number of hydrogen-bond acceptors (Lipinski definition) is 4. The molecule has 1 amide bonds. The van der Waals surface area contributed by atoms with E-state index in [2.05, 4.69) is 16.3 Å². The number of ether oxygens (including phenoxy) is 2. The van der Waals surface area contributed by atoms with Gasteiger partial charge in [-0.3, -0.25) is 9.69 Å². The lowest BCUT2D eigenvalue weighted by Gasteiger charge is -2.25. The normalized spacial score (nSPS) is 17.7. The molecule has 1 atom stereocenters. The minimum absolute atomic E-state index is 0.0564. The third-order valence-electron chi connectivity index (χ3n) is 3.84. The van der Waals surface area contributed by atoms with Gasteiger partial charge in [0.25, 0.3) is 0 Å². The number of benzene rings is 1. The fourth-order valence-corrected chi connectivity index (χ4v) is 2.86. The summed E-state index contributed by atoms with van der Waals surface area (Å²) < 4.78 is 11.0. The number of rotatable bonds is 8. The molecule has 0 radical (unpaired) electrons. The monoisotopic (exact) mass is 320 g/mol. The van der Waals surface area contributed by atoms with Crippen molar-refractivity contribution < 1.29 is 14.3 Å². The average molecular weight is 320 g/mol. The van der Waals surface area contributed by atoms with E-state index in [0.717, 1.165) is 37.3 Å². The standard InChI is InChI=1S/C18H28N2O3/c1-14(2)19-18(21)13-20(12-17-8-5-9-23-17)11-15-6-4-7-16(10-15)22-3/h4,6-7,10,14,17H,5,8-9,11-13H2,1-3H3,(H,19,21). The highest BCUT2D eigenvalue weighted by Gasteiger charge is 2.21. The Morgan fingerprint density at radius 2 is 2.30 bits per heavy atom. The highest BCUT2D eigenvalue weighted by molar-refractivity contribution is 5.78. The highest BCUT2D eigenvalue weighted by atomic mass is 16.5. The van der Waals surface area contributed by atoms with Gasteiger partial charge in [0.15, 0.2) is 0 Å². The number of carbonyl (C=O) groups is 1. The quantitative estimate of drug-likeness (QED) is 0.798. The zero-order valence-corrected chi connectivity index (χ0v) is 14.4. The van der Waals surface area contributed by atoms with E-state index in [9.17, 15) is 4.79 Å². The van der Waals surface area contributed by atoms with E-state index >= 15 is 0 Å². The van der Waals surface area contributed by atoms with Crippen LogP contribution in [0.4, 0.5) is 0 Å². The van der Waals surface area contributed by atoms with E-state index in [1.54, 1.807) is 7.11 Å². The summed E-state index contributed by atoms with van der Waals surface area (Å²) in [6.07, 6.45) is 2.41. The van der Waals surface area contributed by atoms with Crippen LogP contribution in [-0.2, 0) is 16.1 Å². The van der Waals surface area contributed by atoms with Crippen LogP contribution in [0, 0.1) is 0 Å². The van der Waals surface area contributed by atoms with Gasteiger partial charge in [-0.1, -0.05) is 12.1 Å². The Labute approximate surface area is 139 Å². The van der Waals surface area contributed by atoms with E-state index in [0.29, 0.717) is 13.1 Å². The van der Waals surface area contributed by atoms with Crippen molar-refractivity contribution in [2.24, 2.45) is 0 Å². The molecule has 0 aromatic heterocycles. The predicted octanol–water partition coefficient (Wildman–Crippen LogP) is 2.20. The van der Waals surface area contributed by atoms with Crippen molar-refractivity contribution in [1.82, 2.24) is 10.2 Å². The van der Waals surface area contributed by atoms with Crippen LogP contribution in [0.2, 0.25) is 0 Å². The summed E-state index contributed by atoms with van der Waals surface area (Å²) in [5, 5.41) is 2.96. The number of amides is 1. The van der Waals surface area contributed by atoms with Crippen molar-refractivity contribution in [1.29, 1.82) is 0 Å². The molecule has 1 aliphatic heterocycles.